The topological polar surface area (TPSA) is 108 Å². The molecule has 10 nitrogen and oxygen atoms in total. The Labute approximate surface area is 241 Å². The smallest absolute Gasteiger partial charge is 0.223 e. The number of anilines is 2. The second-order valence-corrected chi connectivity index (χ2v) is 11.1. The van der Waals surface area contributed by atoms with Crippen LogP contribution in [0.1, 0.15) is 12.8 Å². The van der Waals surface area contributed by atoms with Gasteiger partial charge in [-0.05, 0) is 12.1 Å². The van der Waals surface area contributed by atoms with Gasteiger partial charge in [-0.25, -0.2) is 15.0 Å². The van der Waals surface area contributed by atoms with Crippen LogP contribution < -0.4 is 19.7 Å². The number of rotatable bonds is 9. The summed E-state index contributed by atoms with van der Waals surface area (Å²) in [6.45, 7) is 6.71. The van der Waals surface area contributed by atoms with E-state index >= 15 is 0 Å². The molecule has 3 fully saturated rings. The molecule has 0 radical (unpaired) electrons. The van der Waals surface area contributed by atoms with E-state index in [0.717, 1.165) is 18.4 Å². The fourth-order valence-corrected chi connectivity index (χ4v) is 6.15. The Morgan fingerprint density at radius 3 is 2.55 bits per heavy atom. The monoisotopic (exact) mass is 585 g/mol. The van der Waals surface area contributed by atoms with Crippen LogP contribution in [0.3, 0.4) is 0 Å². The lowest BCUT2D eigenvalue weighted by molar-refractivity contribution is -0.161. The highest BCUT2D eigenvalue weighted by molar-refractivity contribution is 6.41. The van der Waals surface area contributed by atoms with Crippen LogP contribution in [0.15, 0.2) is 31.0 Å². The van der Waals surface area contributed by atoms with Crippen molar-refractivity contribution in [3.63, 3.8) is 0 Å². The summed E-state index contributed by atoms with van der Waals surface area (Å²) in [5.74, 6) is 1.94. The lowest BCUT2D eigenvalue weighted by Crippen LogP contribution is -2.68. The van der Waals surface area contributed by atoms with Crippen LogP contribution in [-0.2, 0) is 14.3 Å². The molecule has 5 heterocycles. The van der Waals surface area contributed by atoms with E-state index in [-0.39, 0.29) is 23.3 Å². The van der Waals surface area contributed by atoms with E-state index in [1.165, 1.54) is 20.3 Å². The van der Waals surface area contributed by atoms with Gasteiger partial charge in [-0.1, -0.05) is 29.8 Å². The van der Waals surface area contributed by atoms with E-state index in [1.807, 2.05) is 6.07 Å². The average Bonchev–Trinajstić information content (AvgIpc) is 3.33. The number of methoxy groups -OCH3 is 2. The van der Waals surface area contributed by atoms with Crippen molar-refractivity contribution in [2.45, 2.75) is 24.5 Å². The third-order valence-electron chi connectivity index (χ3n) is 7.80. The molecule has 1 aromatic carbocycles. The Balaban J connectivity index is 1.41. The van der Waals surface area contributed by atoms with Crippen molar-refractivity contribution in [2.24, 2.45) is 5.92 Å². The predicted octanol–water partition coefficient (Wildman–Crippen LogP) is 4.57. The number of nitrogens with one attached hydrogen (secondary N) is 1. The molecule has 210 valence electrons. The van der Waals surface area contributed by atoms with Crippen molar-refractivity contribution in [3.8, 4) is 22.8 Å². The van der Waals surface area contributed by atoms with Gasteiger partial charge in [-0.3, -0.25) is 4.79 Å². The predicted molar refractivity (Wildman–Crippen MR) is 153 cm³/mol. The molecular weight excluding hydrogens is 557 g/mol. The van der Waals surface area contributed by atoms with E-state index in [0.29, 0.717) is 82.8 Å². The van der Waals surface area contributed by atoms with Crippen molar-refractivity contribution >= 4 is 51.7 Å². The summed E-state index contributed by atoms with van der Waals surface area (Å²) in [5.41, 5.74) is 1.59. The number of pyridine rings is 1. The molecule has 3 aliphatic rings. The first-order chi connectivity index (χ1) is 19.3. The highest BCUT2D eigenvalue weighted by Crippen LogP contribution is 2.47. The third-order valence-corrected chi connectivity index (χ3v) is 8.56. The zero-order valence-electron chi connectivity index (χ0n) is 22.2. The maximum Gasteiger partial charge on any atom is 0.223 e. The van der Waals surface area contributed by atoms with Crippen molar-refractivity contribution in [3.05, 3.63) is 41.0 Å². The molecule has 12 heteroatoms. The van der Waals surface area contributed by atoms with Gasteiger partial charge in [-0.2, -0.15) is 0 Å². The van der Waals surface area contributed by atoms with E-state index in [4.69, 9.17) is 52.1 Å². The van der Waals surface area contributed by atoms with Crippen LogP contribution in [0, 0.1) is 5.92 Å². The quantitative estimate of drug-likeness (QED) is 0.359. The number of carbonyl (C=O) groups excluding carboxylic acids is 1. The van der Waals surface area contributed by atoms with Gasteiger partial charge in [0.15, 0.2) is 11.6 Å². The molecule has 3 aliphatic heterocycles. The number of fused-ring (bicyclic) bond motifs is 1. The second-order valence-electron chi connectivity index (χ2n) is 10.3. The summed E-state index contributed by atoms with van der Waals surface area (Å²) in [7, 11) is 3.07. The van der Waals surface area contributed by atoms with Crippen molar-refractivity contribution in [1.29, 1.82) is 0 Å². The van der Waals surface area contributed by atoms with Gasteiger partial charge >= 0.3 is 0 Å². The molecule has 0 amide bonds. The third kappa shape index (κ3) is 4.72. The van der Waals surface area contributed by atoms with E-state index in [2.05, 4.69) is 21.8 Å². The number of hydrogen-bond donors (Lipinski definition) is 1. The van der Waals surface area contributed by atoms with Crippen LogP contribution in [-0.4, -0.2) is 79.5 Å². The van der Waals surface area contributed by atoms with Gasteiger partial charge in [0.25, 0.3) is 0 Å². The number of aromatic nitrogens is 3. The Bertz CT molecular complexity index is 1460. The highest BCUT2D eigenvalue weighted by Gasteiger charge is 2.50. The van der Waals surface area contributed by atoms with Crippen molar-refractivity contribution < 1.29 is 23.7 Å². The van der Waals surface area contributed by atoms with Crippen LogP contribution >= 0.6 is 23.2 Å². The number of carbonyl (C=O) groups is 1. The molecule has 6 rings (SSSR count). The second kappa shape index (κ2) is 10.7. The van der Waals surface area contributed by atoms with Gasteiger partial charge in [0.1, 0.15) is 22.6 Å². The molecular formula is C28H29Cl2N5O5. The summed E-state index contributed by atoms with van der Waals surface area (Å²) in [4.78, 5) is 28.6. The summed E-state index contributed by atoms with van der Waals surface area (Å²) in [5, 5.41) is 4.78. The van der Waals surface area contributed by atoms with Crippen LogP contribution in [0.25, 0.3) is 22.2 Å². The van der Waals surface area contributed by atoms with Gasteiger partial charge < -0.3 is 29.2 Å². The average molecular weight is 586 g/mol. The van der Waals surface area contributed by atoms with Crippen LogP contribution in [0.4, 0.5) is 11.8 Å². The molecule has 3 saturated heterocycles. The fourth-order valence-electron chi connectivity index (χ4n) is 5.46. The Kier molecular flexibility index (Phi) is 7.20. The first-order valence-electron chi connectivity index (χ1n) is 13.0. The van der Waals surface area contributed by atoms with Gasteiger partial charge in [0.05, 0.1) is 68.9 Å². The van der Waals surface area contributed by atoms with Crippen LogP contribution in [0.2, 0.25) is 10.0 Å². The van der Waals surface area contributed by atoms with E-state index in [9.17, 15) is 4.79 Å². The van der Waals surface area contributed by atoms with E-state index in [1.54, 1.807) is 12.3 Å². The first-order valence-corrected chi connectivity index (χ1v) is 13.8. The minimum absolute atomic E-state index is 0.00287. The number of hydrogen-bond acceptors (Lipinski definition) is 10. The summed E-state index contributed by atoms with van der Waals surface area (Å²) >= 11 is 13.5. The minimum atomic E-state index is -0.126. The summed E-state index contributed by atoms with van der Waals surface area (Å²) in [6.07, 6.45) is 4.46. The molecule has 3 aromatic rings. The summed E-state index contributed by atoms with van der Waals surface area (Å²) < 4.78 is 22.5. The zero-order valence-corrected chi connectivity index (χ0v) is 23.7. The first kappa shape index (κ1) is 27.0. The Morgan fingerprint density at radius 1 is 1.20 bits per heavy atom. The summed E-state index contributed by atoms with van der Waals surface area (Å²) in [6, 6.07) is 3.40. The normalized spacial score (nSPS) is 21.1. The fraction of sp³-hybridized carbons (Fsp3) is 0.429. The Hall–Kier alpha value is -3.18. The number of nitrogens with zero attached hydrogens (tertiary/aromatic N) is 4. The van der Waals surface area contributed by atoms with E-state index < -0.39 is 0 Å². The number of ketones is 1. The van der Waals surface area contributed by atoms with Crippen molar-refractivity contribution in [1.82, 2.24) is 15.0 Å². The highest BCUT2D eigenvalue weighted by atomic mass is 35.5. The molecule has 40 heavy (non-hydrogen) atoms. The number of ether oxygens (including phenoxy) is 4. The minimum Gasteiger partial charge on any atom is -0.495 e. The Morgan fingerprint density at radius 2 is 1.93 bits per heavy atom. The molecule has 1 N–H and O–H groups in total. The maximum atomic E-state index is 12.0. The van der Waals surface area contributed by atoms with Crippen LogP contribution in [0.5, 0.6) is 11.5 Å². The van der Waals surface area contributed by atoms with Gasteiger partial charge in [0.2, 0.25) is 5.95 Å². The lowest BCUT2D eigenvalue weighted by atomic mass is 9.86. The largest absolute Gasteiger partial charge is 0.495 e. The molecule has 2 atom stereocenters. The van der Waals surface area contributed by atoms with Gasteiger partial charge in [0, 0.05) is 42.0 Å². The number of allylic oxidation sites excluding steroid dienone is 1. The molecule has 0 saturated carbocycles. The standard InChI is InChI=1S/C28H29Cl2N5O5/c1-4-17(36)7-16-11-39-12-19(16)33-27-31-10-15-8-18(22-23(29)20(37-2)9-21(38-3)24(22)30)32-26(25(15)34-27)35-13-28(14-35)5-6-40-28/h4,8-10,16,19H,1,5-7,11-14H2,2-3H3,(H,31,33,34)/t16-,19+/m0/s1. The van der Waals surface area contributed by atoms with Gasteiger partial charge in [-0.15, -0.1) is 0 Å². The lowest BCUT2D eigenvalue weighted by Gasteiger charge is -2.55. The molecule has 0 aliphatic carbocycles. The maximum absolute atomic E-state index is 12.0. The van der Waals surface area contributed by atoms with Crippen molar-refractivity contribution in [2.75, 3.05) is 57.3 Å². The molecule has 1 spiro atoms. The number of benzene rings is 1. The molecule has 0 unspecified atom stereocenters. The molecule has 2 aromatic heterocycles. The zero-order chi connectivity index (χ0) is 28.0. The SMILES string of the molecule is C=CC(=O)C[C@H]1COC[C@H]1Nc1ncc2cc(-c3c(Cl)c(OC)cc(OC)c3Cl)nc(N3CC4(CCO4)C3)c2n1. The number of halogens is 2. The molecule has 0 bridgehead atoms.